The van der Waals surface area contributed by atoms with Crippen molar-refractivity contribution in [2.75, 3.05) is 14.2 Å². The summed E-state index contributed by atoms with van der Waals surface area (Å²) in [7, 11) is 2.89. The van der Waals surface area contributed by atoms with E-state index in [-0.39, 0.29) is 12.4 Å². The molecule has 0 saturated heterocycles. The van der Waals surface area contributed by atoms with Gasteiger partial charge in [-0.05, 0) is 47.0 Å². The van der Waals surface area contributed by atoms with Crippen molar-refractivity contribution in [1.29, 1.82) is 0 Å². The summed E-state index contributed by atoms with van der Waals surface area (Å²) in [5, 5.41) is 0.482. The van der Waals surface area contributed by atoms with Gasteiger partial charge in [-0.2, -0.15) is 0 Å². The summed E-state index contributed by atoms with van der Waals surface area (Å²) in [6, 6.07) is 10.4. The van der Waals surface area contributed by atoms with Crippen molar-refractivity contribution in [2.45, 2.75) is 6.42 Å². The molecule has 0 bridgehead atoms. The maximum atomic E-state index is 11.4. The van der Waals surface area contributed by atoms with E-state index >= 15 is 0 Å². The van der Waals surface area contributed by atoms with Crippen molar-refractivity contribution >= 4 is 23.9 Å². The highest BCUT2D eigenvalue weighted by Crippen LogP contribution is 2.30. The fraction of sp³-hybridized carbons (Fsp3) is 0.176. The Kier molecular flexibility index (Phi) is 5.17. The molecule has 0 heterocycles. The summed E-state index contributed by atoms with van der Waals surface area (Å²) in [4.78, 5) is 22.7. The Labute approximate surface area is 133 Å². The van der Waals surface area contributed by atoms with Crippen LogP contribution in [0.4, 0.5) is 0 Å². The average Bonchev–Trinajstić information content (AvgIpc) is 2.53. The van der Waals surface area contributed by atoms with Crippen molar-refractivity contribution in [3.63, 3.8) is 0 Å². The molecule has 0 spiro atoms. The van der Waals surface area contributed by atoms with Gasteiger partial charge in [-0.15, -0.1) is 0 Å². The standard InChI is InChI=1S/C17H15ClO4/c1-21-15-4-3-12(10-19)16(9-15)13-5-11(6-14(18)8-13)7-17(20)22-2/h3-6,8-10H,7H2,1-2H3. The molecule has 0 N–H and O–H groups in total. The summed E-state index contributed by atoms with van der Waals surface area (Å²) in [6.45, 7) is 0. The van der Waals surface area contributed by atoms with E-state index < -0.39 is 0 Å². The Morgan fingerprint density at radius 3 is 2.59 bits per heavy atom. The van der Waals surface area contributed by atoms with Crippen LogP contribution in [0.2, 0.25) is 5.02 Å². The summed E-state index contributed by atoms with van der Waals surface area (Å²) in [6.07, 6.45) is 0.889. The number of ether oxygens (including phenoxy) is 2. The van der Waals surface area contributed by atoms with Gasteiger partial charge in [0.1, 0.15) is 5.75 Å². The molecule has 0 atom stereocenters. The monoisotopic (exact) mass is 318 g/mol. The Morgan fingerprint density at radius 1 is 1.18 bits per heavy atom. The van der Waals surface area contributed by atoms with Gasteiger partial charge in [-0.3, -0.25) is 9.59 Å². The molecule has 114 valence electrons. The largest absolute Gasteiger partial charge is 0.497 e. The third-order valence-corrected chi connectivity index (χ3v) is 3.45. The van der Waals surface area contributed by atoms with Crippen LogP contribution in [0.1, 0.15) is 15.9 Å². The molecule has 0 saturated carbocycles. The van der Waals surface area contributed by atoms with Crippen molar-refractivity contribution in [2.24, 2.45) is 0 Å². The number of halogens is 1. The third-order valence-electron chi connectivity index (χ3n) is 3.23. The Balaban J connectivity index is 2.52. The molecule has 0 radical (unpaired) electrons. The van der Waals surface area contributed by atoms with Crippen molar-refractivity contribution < 1.29 is 19.1 Å². The number of rotatable bonds is 5. The van der Waals surface area contributed by atoms with Crippen LogP contribution in [0.25, 0.3) is 11.1 Å². The molecule has 22 heavy (non-hydrogen) atoms. The first-order valence-electron chi connectivity index (χ1n) is 6.57. The normalized spacial score (nSPS) is 10.1. The van der Waals surface area contributed by atoms with E-state index in [1.807, 2.05) is 6.07 Å². The maximum absolute atomic E-state index is 11.4. The number of hydrogen-bond donors (Lipinski definition) is 0. The van der Waals surface area contributed by atoms with Crippen molar-refractivity contribution in [3.05, 3.63) is 52.5 Å². The summed E-state index contributed by atoms with van der Waals surface area (Å²) in [5.74, 6) is 0.282. The third kappa shape index (κ3) is 3.65. The molecule has 0 fully saturated rings. The number of hydrogen-bond acceptors (Lipinski definition) is 4. The summed E-state index contributed by atoms with van der Waals surface area (Å²) < 4.78 is 9.86. The molecule has 0 aliphatic rings. The predicted molar refractivity (Wildman–Crippen MR) is 84.5 cm³/mol. The van der Waals surface area contributed by atoms with Crippen LogP contribution in [0, 0.1) is 0 Å². The molecule has 2 aromatic rings. The van der Waals surface area contributed by atoms with E-state index in [0.717, 1.165) is 11.8 Å². The van der Waals surface area contributed by atoms with Gasteiger partial charge < -0.3 is 9.47 Å². The van der Waals surface area contributed by atoms with Gasteiger partial charge in [0.05, 0.1) is 20.6 Å². The molecule has 2 rings (SSSR count). The number of methoxy groups -OCH3 is 2. The van der Waals surface area contributed by atoms with Crippen LogP contribution >= 0.6 is 11.6 Å². The zero-order chi connectivity index (χ0) is 16.1. The quantitative estimate of drug-likeness (QED) is 0.625. The number of carbonyl (C=O) groups excluding carboxylic acids is 2. The molecule has 0 unspecified atom stereocenters. The second-order valence-electron chi connectivity index (χ2n) is 4.67. The minimum Gasteiger partial charge on any atom is -0.497 e. The molecule has 0 aliphatic heterocycles. The van der Waals surface area contributed by atoms with E-state index in [4.69, 9.17) is 16.3 Å². The van der Waals surface area contributed by atoms with Crippen molar-refractivity contribution in [1.82, 2.24) is 0 Å². The topological polar surface area (TPSA) is 52.6 Å². The van der Waals surface area contributed by atoms with Gasteiger partial charge in [0.25, 0.3) is 0 Å². The number of aldehydes is 1. The van der Waals surface area contributed by atoms with Crippen LogP contribution in [-0.4, -0.2) is 26.5 Å². The first-order valence-corrected chi connectivity index (χ1v) is 6.95. The lowest BCUT2D eigenvalue weighted by molar-refractivity contribution is -0.139. The molecular weight excluding hydrogens is 304 g/mol. The van der Waals surface area contributed by atoms with E-state index in [2.05, 4.69) is 4.74 Å². The maximum Gasteiger partial charge on any atom is 0.309 e. The van der Waals surface area contributed by atoms with Gasteiger partial charge in [0, 0.05) is 10.6 Å². The number of benzene rings is 2. The Morgan fingerprint density at radius 2 is 1.95 bits per heavy atom. The van der Waals surface area contributed by atoms with Crippen LogP contribution in [0.3, 0.4) is 0 Å². The molecule has 0 aliphatic carbocycles. The highest BCUT2D eigenvalue weighted by Gasteiger charge is 2.11. The van der Waals surface area contributed by atoms with Gasteiger partial charge in [0.15, 0.2) is 6.29 Å². The molecule has 2 aromatic carbocycles. The lowest BCUT2D eigenvalue weighted by Gasteiger charge is -2.10. The molecule has 0 aromatic heterocycles. The molecule has 0 amide bonds. The second kappa shape index (κ2) is 7.09. The zero-order valence-electron chi connectivity index (χ0n) is 12.3. The SMILES string of the molecule is COC(=O)Cc1cc(Cl)cc(-c2cc(OC)ccc2C=O)c1. The van der Waals surface area contributed by atoms with E-state index in [0.29, 0.717) is 27.5 Å². The number of esters is 1. The molecule has 5 heteroatoms. The molecule has 4 nitrogen and oxygen atoms in total. The minimum atomic E-state index is -0.352. The predicted octanol–water partition coefficient (Wildman–Crippen LogP) is 3.54. The van der Waals surface area contributed by atoms with Gasteiger partial charge in [-0.1, -0.05) is 17.7 Å². The molecular formula is C17H15ClO4. The van der Waals surface area contributed by atoms with Gasteiger partial charge in [-0.25, -0.2) is 0 Å². The second-order valence-corrected chi connectivity index (χ2v) is 5.11. The fourth-order valence-corrected chi connectivity index (χ4v) is 2.42. The lowest BCUT2D eigenvalue weighted by atomic mass is 9.97. The van der Waals surface area contributed by atoms with Crippen LogP contribution in [0.5, 0.6) is 5.75 Å². The van der Waals surface area contributed by atoms with E-state index in [9.17, 15) is 9.59 Å². The first kappa shape index (κ1) is 16.0. The lowest BCUT2D eigenvalue weighted by Crippen LogP contribution is -2.04. The van der Waals surface area contributed by atoms with Gasteiger partial charge >= 0.3 is 5.97 Å². The number of carbonyl (C=O) groups is 2. The van der Waals surface area contributed by atoms with E-state index in [1.165, 1.54) is 7.11 Å². The van der Waals surface area contributed by atoms with Crippen molar-refractivity contribution in [3.8, 4) is 16.9 Å². The van der Waals surface area contributed by atoms with Crippen LogP contribution in [-0.2, 0) is 16.0 Å². The summed E-state index contributed by atoms with van der Waals surface area (Å²) >= 11 is 6.12. The van der Waals surface area contributed by atoms with Gasteiger partial charge in [0.2, 0.25) is 0 Å². The zero-order valence-corrected chi connectivity index (χ0v) is 13.0. The first-order chi connectivity index (χ1) is 10.6. The average molecular weight is 319 g/mol. The fourth-order valence-electron chi connectivity index (χ4n) is 2.16. The highest BCUT2D eigenvalue weighted by atomic mass is 35.5. The van der Waals surface area contributed by atoms with Crippen LogP contribution in [0.15, 0.2) is 36.4 Å². The van der Waals surface area contributed by atoms with Crippen LogP contribution < -0.4 is 4.74 Å². The highest BCUT2D eigenvalue weighted by molar-refractivity contribution is 6.31. The van der Waals surface area contributed by atoms with E-state index in [1.54, 1.807) is 37.4 Å². The smallest absolute Gasteiger partial charge is 0.309 e. The Hall–Kier alpha value is -2.33. The Bertz CT molecular complexity index is 710. The summed E-state index contributed by atoms with van der Waals surface area (Å²) in [5.41, 5.74) is 2.68. The minimum absolute atomic E-state index is 0.116.